The van der Waals surface area contributed by atoms with E-state index in [0.29, 0.717) is 5.02 Å². The zero-order valence-corrected chi connectivity index (χ0v) is 16.0. The molecule has 0 saturated carbocycles. The van der Waals surface area contributed by atoms with Crippen molar-refractivity contribution < 1.29 is 18.0 Å². The number of amides is 2. The van der Waals surface area contributed by atoms with Gasteiger partial charge in [-0.15, -0.1) is 11.3 Å². The molecule has 25 heavy (non-hydrogen) atoms. The minimum atomic E-state index is -3.75. The Balaban J connectivity index is 1.94. The van der Waals surface area contributed by atoms with Crippen LogP contribution >= 0.6 is 34.5 Å². The number of carbonyl (C=O) groups excluding carboxylic acids is 2. The third kappa shape index (κ3) is 4.93. The van der Waals surface area contributed by atoms with Crippen LogP contribution in [0.15, 0.2) is 39.9 Å². The predicted molar refractivity (Wildman–Crippen MR) is 96.2 cm³/mol. The fourth-order valence-electron chi connectivity index (χ4n) is 1.76. The minimum absolute atomic E-state index is 0.0778. The molecule has 0 saturated heterocycles. The maximum absolute atomic E-state index is 12.2. The van der Waals surface area contributed by atoms with E-state index in [4.69, 9.17) is 23.2 Å². The zero-order chi connectivity index (χ0) is 18.6. The number of benzene rings is 1. The lowest BCUT2D eigenvalue weighted by Crippen LogP contribution is -2.46. The van der Waals surface area contributed by atoms with Crippen LogP contribution in [0.4, 0.5) is 0 Å². The van der Waals surface area contributed by atoms with E-state index in [9.17, 15) is 18.0 Å². The van der Waals surface area contributed by atoms with E-state index in [1.165, 1.54) is 31.3 Å². The summed E-state index contributed by atoms with van der Waals surface area (Å²) in [6.45, 7) is -0.468. The quantitative estimate of drug-likeness (QED) is 0.722. The number of thiophene rings is 1. The molecule has 11 heteroatoms. The van der Waals surface area contributed by atoms with Crippen molar-refractivity contribution in [3.05, 3.63) is 51.3 Å². The van der Waals surface area contributed by atoms with E-state index >= 15 is 0 Å². The number of sulfonamides is 1. The lowest BCUT2D eigenvalue weighted by Gasteiger charge is -2.16. The summed E-state index contributed by atoms with van der Waals surface area (Å²) in [6.07, 6.45) is 0. The van der Waals surface area contributed by atoms with Gasteiger partial charge < -0.3 is 0 Å². The molecule has 1 aromatic heterocycles. The van der Waals surface area contributed by atoms with Crippen molar-refractivity contribution in [2.45, 2.75) is 4.21 Å². The first-order chi connectivity index (χ1) is 11.7. The summed E-state index contributed by atoms with van der Waals surface area (Å²) < 4.78 is 25.4. The molecular weight excluding hydrogens is 409 g/mol. The van der Waals surface area contributed by atoms with Crippen LogP contribution in [0.25, 0.3) is 0 Å². The van der Waals surface area contributed by atoms with Gasteiger partial charge >= 0.3 is 0 Å². The number of rotatable bonds is 5. The van der Waals surface area contributed by atoms with Gasteiger partial charge in [-0.3, -0.25) is 20.4 Å². The molecule has 1 aromatic carbocycles. The van der Waals surface area contributed by atoms with Crippen LogP contribution in [0.3, 0.4) is 0 Å². The Morgan fingerprint density at radius 3 is 2.56 bits per heavy atom. The fourth-order valence-corrected chi connectivity index (χ4v) is 4.46. The Labute approximate surface area is 158 Å². The molecule has 0 fully saturated rings. The first-order valence-electron chi connectivity index (χ1n) is 6.76. The molecular formula is C14H13Cl2N3O4S2. The third-order valence-electron chi connectivity index (χ3n) is 3.01. The smallest absolute Gasteiger partial charge is 0.271 e. The summed E-state index contributed by atoms with van der Waals surface area (Å²) in [5.74, 6) is -1.39. The van der Waals surface area contributed by atoms with E-state index in [0.717, 1.165) is 15.6 Å². The molecule has 2 rings (SSSR count). The largest absolute Gasteiger partial charge is 0.272 e. The fraction of sp³-hybridized carbons (Fsp3) is 0.143. The minimum Gasteiger partial charge on any atom is -0.272 e. The van der Waals surface area contributed by atoms with E-state index < -0.39 is 28.4 Å². The van der Waals surface area contributed by atoms with E-state index in [2.05, 4.69) is 10.9 Å². The summed E-state index contributed by atoms with van der Waals surface area (Å²) in [5.41, 5.74) is 4.37. The SMILES string of the molecule is CN(CC(=O)NNC(=O)c1cc(Cl)ccc1Cl)S(=O)(=O)c1cccs1. The second-order valence-electron chi connectivity index (χ2n) is 4.82. The topological polar surface area (TPSA) is 95.6 Å². The van der Waals surface area contributed by atoms with Crippen molar-refractivity contribution in [3.63, 3.8) is 0 Å². The maximum atomic E-state index is 12.2. The number of hydrazine groups is 1. The number of hydrogen-bond donors (Lipinski definition) is 2. The van der Waals surface area contributed by atoms with Crippen LogP contribution in [0.5, 0.6) is 0 Å². The van der Waals surface area contributed by atoms with Crippen molar-refractivity contribution in [1.29, 1.82) is 0 Å². The highest BCUT2D eigenvalue weighted by Gasteiger charge is 2.24. The van der Waals surface area contributed by atoms with Gasteiger partial charge in [0.2, 0.25) is 0 Å². The normalized spacial score (nSPS) is 11.4. The van der Waals surface area contributed by atoms with E-state index in [1.807, 2.05) is 0 Å². The number of likely N-dealkylation sites (N-methyl/N-ethyl adjacent to an activating group) is 1. The second-order valence-corrected chi connectivity index (χ2v) is 8.88. The molecule has 2 aromatic rings. The highest BCUT2D eigenvalue weighted by Crippen LogP contribution is 2.20. The molecule has 0 aliphatic carbocycles. The Kier molecular flexibility index (Phi) is 6.42. The first kappa shape index (κ1) is 19.7. The van der Waals surface area contributed by atoms with Crippen LogP contribution in [0, 0.1) is 0 Å². The predicted octanol–water partition coefficient (Wildman–Crippen LogP) is 2.14. The van der Waals surface area contributed by atoms with Crippen LogP contribution < -0.4 is 10.9 Å². The molecule has 7 nitrogen and oxygen atoms in total. The van der Waals surface area contributed by atoms with Gasteiger partial charge in [-0.2, -0.15) is 4.31 Å². The van der Waals surface area contributed by atoms with Crippen LogP contribution in [-0.4, -0.2) is 38.1 Å². The van der Waals surface area contributed by atoms with Crippen molar-refractivity contribution in [2.75, 3.05) is 13.6 Å². The number of halogens is 2. The van der Waals surface area contributed by atoms with Crippen molar-refractivity contribution in [1.82, 2.24) is 15.2 Å². The summed E-state index contributed by atoms with van der Waals surface area (Å²) in [5, 5.41) is 2.09. The maximum Gasteiger partial charge on any atom is 0.271 e. The molecule has 0 unspecified atom stereocenters. The summed E-state index contributed by atoms with van der Waals surface area (Å²) in [4.78, 5) is 23.9. The number of hydrogen-bond acceptors (Lipinski definition) is 5. The molecule has 2 amide bonds. The lowest BCUT2D eigenvalue weighted by atomic mass is 10.2. The summed E-state index contributed by atoms with van der Waals surface area (Å²) >= 11 is 12.7. The molecule has 0 spiro atoms. The van der Waals surface area contributed by atoms with Gasteiger partial charge in [0.05, 0.1) is 17.1 Å². The molecule has 0 aliphatic rings. The highest BCUT2D eigenvalue weighted by molar-refractivity contribution is 7.91. The average molecular weight is 422 g/mol. The summed E-state index contributed by atoms with van der Waals surface area (Å²) in [7, 11) is -2.49. The third-order valence-corrected chi connectivity index (χ3v) is 6.76. The van der Waals surface area contributed by atoms with Gasteiger partial charge in [0, 0.05) is 12.1 Å². The van der Waals surface area contributed by atoms with Gasteiger partial charge in [0.25, 0.3) is 21.8 Å². The van der Waals surface area contributed by atoms with Crippen LogP contribution in [0.1, 0.15) is 10.4 Å². The molecule has 0 bridgehead atoms. The van der Waals surface area contributed by atoms with Gasteiger partial charge in [-0.25, -0.2) is 8.42 Å². The van der Waals surface area contributed by atoms with Gasteiger partial charge in [-0.1, -0.05) is 29.3 Å². The standard InChI is InChI=1S/C14H13Cl2N3O4S2/c1-19(25(22,23)13-3-2-6-24-13)8-12(20)17-18-14(21)10-7-9(15)4-5-11(10)16/h2-7H,8H2,1H3,(H,17,20)(H,18,21). The van der Waals surface area contributed by atoms with Gasteiger partial charge in [-0.05, 0) is 29.6 Å². The lowest BCUT2D eigenvalue weighted by molar-refractivity contribution is -0.121. The Morgan fingerprint density at radius 1 is 1.20 bits per heavy atom. The number of nitrogens with zero attached hydrogens (tertiary/aromatic N) is 1. The zero-order valence-electron chi connectivity index (χ0n) is 12.8. The monoisotopic (exact) mass is 421 g/mol. The molecule has 0 radical (unpaired) electrons. The van der Waals surface area contributed by atoms with Crippen LogP contribution in [-0.2, 0) is 14.8 Å². The highest BCUT2D eigenvalue weighted by atomic mass is 35.5. The molecule has 134 valence electrons. The molecule has 1 heterocycles. The van der Waals surface area contributed by atoms with Crippen molar-refractivity contribution in [2.24, 2.45) is 0 Å². The number of nitrogens with one attached hydrogen (secondary N) is 2. The van der Waals surface area contributed by atoms with E-state index in [1.54, 1.807) is 11.4 Å². The summed E-state index contributed by atoms with van der Waals surface area (Å²) in [6, 6.07) is 7.35. The molecule has 2 N–H and O–H groups in total. The first-order valence-corrected chi connectivity index (χ1v) is 9.83. The Morgan fingerprint density at radius 2 is 1.92 bits per heavy atom. The molecule has 0 atom stereocenters. The Hall–Kier alpha value is -1.65. The molecule has 0 aliphatic heterocycles. The van der Waals surface area contributed by atoms with Crippen LogP contribution in [0.2, 0.25) is 10.0 Å². The van der Waals surface area contributed by atoms with E-state index in [-0.39, 0.29) is 14.8 Å². The van der Waals surface area contributed by atoms with Gasteiger partial charge in [0.15, 0.2) is 0 Å². The second kappa shape index (κ2) is 8.15. The van der Waals surface area contributed by atoms with Gasteiger partial charge in [0.1, 0.15) is 4.21 Å². The van der Waals surface area contributed by atoms with Crippen molar-refractivity contribution >= 4 is 56.4 Å². The number of carbonyl (C=O) groups is 2. The Bertz CT molecular complexity index is 885. The average Bonchev–Trinajstić information content (AvgIpc) is 3.10. The van der Waals surface area contributed by atoms with Crippen molar-refractivity contribution in [3.8, 4) is 0 Å².